The summed E-state index contributed by atoms with van der Waals surface area (Å²) in [6.45, 7) is 2.49. The molecule has 0 aromatic carbocycles. The lowest BCUT2D eigenvalue weighted by atomic mass is 10.3. The number of carbonyl (C=O) groups is 3. The molecule has 0 unspecified atom stereocenters. The Labute approximate surface area is 125 Å². The van der Waals surface area contributed by atoms with Gasteiger partial charge in [-0.1, -0.05) is 0 Å². The van der Waals surface area contributed by atoms with Crippen molar-refractivity contribution in [3.63, 3.8) is 0 Å². The second-order valence-corrected chi connectivity index (χ2v) is 5.55. The second-order valence-electron chi connectivity index (χ2n) is 4.47. The molecule has 0 radical (unpaired) electrons. The fourth-order valence-corrected chi connectivity index (χ4v) is 2.68. The number of nitrogens with zero attached hydrogens (tertiary/aromatic N) is 1. The molecule has 7 nitrogen and oxygen atoms in total. The van der Waals surface area contributed by atoms with Gasteiger partial charge in [-0.05, 0) is 12.1 Å². The fraction of sp³-hybridized carbons (Fsp3) is 0.462. The minimum atomic E-state index is -1.05. The molecule has 2 amide bonds. The van der Waals surface area contributed by atoms with Crippen molar-refractivity contribution >= 4 is 29.1 Å². The summed E-state index contributed by atoms with van der Waals surface area (Å²) in [6, 6.07) is 2.86. The van der Waals surface area contributed by atoms with Gasteiger partial charge in [0.1, 0.15) is 4.88 Å². The third-order valence-electron chi connectivity index (χ3n) is 3.03. The van der Waals surface area contributed by atoms with Gasteiger partial charge < -0.3 is 20.1 Å². The molecule has 1 saturated heterocycles. The van der Waals surface area contributed by atoms with Crippen molar-refractivity contribution in [3.8, 4) is 0 Å². The molecule has 2 heterocycles. The van der Waals surface area contributed by atoms with Crippen LogP contribution in [-0.4, -0.2) is 60.6 Å². The fourth-order valence-electron chi connectivity index (χ4n) is 1.92. The summed E-state index contributed by atoms with van der Waals surface area (Å²) < 4.78 is 5.16. The summed E-state index contributed by atoms with van der Waals surface area (Å²) in [7, 11) is 0. The Kier molecular flexibility index (Phi) is 5.29. The highest BCUT2D eigenvalue weighted by Gasteiger charge is 2.17. The van der Waals surface area contributed by atoms with Crippen molar-refractivity contribution in [2.45, 2.75) is 6.42 Å². The molecular formula is C13H16N2O5S. The van der Waals surface area contributed by atoms with Gasteiger partial charge in [-0.2, -0.15) is 0 Å². The molecule has 0 atom stereocenters. The van der Waals surface area contributed by atoms with Crippen LogP contribution >= 0.6 is 11.3 Å². The third kappa shape index (κ3) is 4.27. The van der Waals surface area contributed by atoms with Crippen LogP contribution in [-0.2, 0) is 9.53 Å². The minimum Gasteiger partial charge on any atom is -0.477 e. The number of hydrogen-bond donors (Lipinski definition) is 2. The lowest BCUT2D eigenvalue weighted by Crippen LogP contribution is -2.41. The van der Waals surface area contributed by atoms with E-state index in [0.29, 0.717) is 31.2 Å². The van der Waals surface area contributed by atoms with Gasteiger partial charge in [0, 0.05) is 26.1 Å². The van der Waals surface area contributed by atoms with Crippen LogP contribution in [0.5, 0.6) is 0 Å². The van der Waals surface area contributed by atoms with E-state index in [1.165, 1.54) is 12.1 Å². The molecule has 8 heteroatoms. The van der Waals surface area contributed by atoms with E-state index in [4.69, 9.17) is 9.84 Å². The first-order chi connectivity index (χ1) is 10.1. The topological polar surface area (TPSA) is 95.9 Å². The first kappa shape index (κ1) is 15.5. The number of carbonyl (C=O) groups excluding carboxylic acids is 2. The summed E-state index contributed by atoms with van der Waals surface area (Å²) in [6.07, 6.45) is 0.225. The first-order valence-electron chi connectivity index (χ1n) is 6.55. The molecule has 1 aromatic heterocycles. The van der Waals surface area contributed by atoms with Crippen molar-refractivity contribution in [2.75, 3.05) is 32.8 Å². The number of morpholine rings is 1. The van der Waals surface area contributed by atoms with Gasteiger partial charge in [0.05, 0.1) is 18.1 Å². The minimum absolute atomic E-state index is 0.0176. The molecule has 1 aromatic rings. The molecule has 0 spiro atoms. The van der Waals surface area contributed by atoms with E-state index in [9.17, 15) is 14.4 Å². The van der Waals surface area contributed by atoms with E-state index < -0.39 is 5.97 Å². The molecule has 0 aliphatic carbocycles. The van der Waals surface area contributed by atoms with Crippen LogP contribution in [0.15, 0.2) is 12.1 Å². The summed E-state index contributed by atoms with van der Waals surface area (Å²) in [5, 5.41) is 11.4. The number of aromatic carboxylic acids is 1. The average molecular weight is 312 g/mol. The lowest BCUT2D eigenvalue weighted by Gasteiger charge is -2.26. The molecule has 0 bridgehead atoms. The molecular weight excluding hydrogens is 296 g/mol. The second kappa shape index (κ2) is 7.19. The summed E-state index contributed by atoms with van der Waals surface area (Å²) in [5.41, 5.74) is 0. The zero-order valence-electron chi connectivity index (χ0n) is 11.3. The van der Waals surface area contributed by atoms with Gasteiger partial charge in [-0.25, -0.2) is 4.79 Å². The predicted molar refractivity (Wildman–Crippen MR) is 75.6 cm³/mol. The molecule has 0 saturated carbocycles. The summed E-state index contributed by atoms with van der Waals surface area (Å²) >= 11 is 0.913. The van der Waals surface area contributed by atoms with Crippen LogP contribution in [0.1, 0.15) is 25.8 Å². The summed E-state index contributed by atoms with van der Waals surface area (Å²) in [5.74, 6) is -1.43. The Morgan fingerprint density at radius 1 is 1.24 bits per heavy atom. The number of rotatable bonds is 5. The smallest absolute Gasteiger partial charge is 0.345 e. The molecule has 1 aliphatic heterocycles. The number of amides is 2. The van der Waals surface area contributed by atoms with E-state index in [1.807, 2.05) is 0 Å². The standard InChI is InChI=1S/C13H16N2O5S/c16-11(15-5-7-20-8-6-15)3-4-14-12(17)9-1-2-10(21-9)13(18)19/h1-2H,3-8H2,(H,14,17)(H,18,19). The molecule has 2 N–H and O–H groups in total. The average Bonchev–Trinajstić information content (AvgIpc) is 2.98. The SMILES string of the molecule is O=C(O)c1ccc(C(=O)NCCC(=O)N2CCOCC2)s1. The Bertz CT molecular complexity index is 536. The zero-order valence-corrected chi connectivity index (χ0v) is 12.1. The highest BCUT2D eigenvalue weighted by molar-refractivity contribution is 7.15. The number of carboxylic acids is 1. The van der Waals surface area contributed by atoms with Crippen molar-refractivity contribution in [1.29, 1.82) is 0 Å². The largest absolute Gasteiger partial charge is 0.477 e. The number of thiophene rings is 1. The maximum atomic E-state index is 11.9. The molecule has 2 rings (SSSR count). The number of nitrogens with one attached hydrogen (secondary N) is 1. The molecule has 1 fully saturated rings. The monoisotopic (exact) mass is 312 g/mol. The van der Waals surface area contributed by atoms with E-state index in [-0.39, 0.29) is 29.7 Å². The highest BCUT2D eigenvalue weighted by atomic mass is 32.1. The van der Waals surface area contributed by atoms with Crippen LogP contribution in [0, 0.1) is 0 Å². The highest BCUT2D eigenvalue weighted by Crippen LogP contribution is 2.16. The van der Waals surface area contributed by atoms with Gasteiger partial charge in [-0.15, -0.1) is 11.3 Å². The van der Waals surface area contributed by atoms with Crippen LogP contribution in [0.2, 0.25) is 0 Å². The van der Waals surface area contributed by atoms with Gasteiger partial charge >= 0.3 is 5.97 Å². The van der Waals surface area contributed by atoms with Crippen molar-refractivity contribution in [1.82, 2.24) is 10.2 Å². The first-order valence-corrected chi connectivity index (χ1v) is 7.36. The van der Waals surface area contributed by atoms with Gasteiger partial charge in [0.25, 0.3) is 5.91 Å². The maximum Gasteiger partial charge on any atom is 0.345 e. The lowest BCUT2D eigenvalue weighted by molar-refractivity contribution is -0.135. The molecule has 1 aliphatic rings. The van der Waals surface area contributed by atoms with Gasteiger partial charge in [-0.3, -0.25) is 9.59 Å². The van der Waals surface area contributed by atoms with Crippen LogP contribution in [0.3, 0.4) is 0 Å². The van der Waals surface area contributed by atoms with Crippen LogP contribution in [0.25, 0.3) is 0 Å². The molecule has 21 heavy (non-hydrogen) atoms. The Morgan fingerprint density at radius 2 is 1.90 bits per heavy atom. The Morgan fingerprint density at radius 3 is 2.52 bits per heavy atom. The normalized spacial score (nSPS) is 14.8. The third-order valence-corrected chi connectivity index (χ3v) is 4.10. The Balaban J connectivity index is 1.75. The van der Waals surface area contributed by atoms with Crippen molar-refractivity contribution in [2.24, 2.45) is 0 Å². The molecule has 114 valence electrons. The van der Waals surface area contributed by atoms with E-state index in [2.05, 4.69) is 5.32 Å². The Hall–Kier alpha value is -1.93. The number of ether oxygens (including phenoxy) is 1. The number of carboxylic acid groups (broad SMARTS) is 1. The van der Waals surface area contributed by atoms with Crippen LogP contribution < -0.4 is 5.32 Å². The van der Waals surface area contributed by atoms with Crippen LogP contribution in [0.4, 0.5) is 0 Å². The van der Waals surface area contributed by atoms with E-state index in [0.717, 1.165) is 11.3 Å². The van der Waals surface area contributed by atoms with Gasteiger partial charge in [0.2, 0.25) is 5.91 Å². The van der Waals surface area contributed by atoms with Crippen molar-refractivity contribution in [3.05, 3.63) is 21.9 Å². The van der Waals surface area contributed by atoms with E-state index >= 15 is 0 Å². The quantitative estimate of drug-likeness (QED) is 0.822. The summed E-state index contributed by atoms with van der Waals surface area (Å²) in [4.78, 5) is 36.5. The van der Waals surface area contributed by atoms with Gasteiger partial charge in [0.15, 0.2) is 0 Å². The number of hydrogen-bond acceptors (Lipinski definition) is 5. The zero-order chi connectivity index (χ0) is 15.2. The predicted octanol–water partition coefficient (Wildman–Crippen LogP) is 0.425. The maximum absolute atomic E-state index is 11.9. The van der Waals surface area contributed by atoms with E-state index in [1.54, 1.807) is 4.90 Å². The van der Waals surface area contributed by atoms with Crippen molar-refractivity contribution < 1.29 is 24.2 Å².